The number of para-hydroxylation sites is 4. The lowest BCUT2D eigenvalue weighted by molar-refractivity contribution is 0.669. The number of hydrogen-bond donors (Lipinski definition) is 0. The van der Waals surface area contributed by atoms with Gasteiger partial charge in [-0.25, -0.2) is 0 Å². The van der Waals surface area contributed by atoms with Crippen molar-refractivity contribution in [2.24, 2.45) is 0 Å². The van der Waals surface area contributed by atoms with Crippen molar-refractivity contribution in [2.75, 3.05) is 0 Å². The average Bonchev–Trinajstić information content (AvgIpc) is 3.98. The molecule has 56 heavy (non-hydrogen) atoms. The molecular formula is C50H26N4O2. The number of nitrogens with zero attached hydrogens (tertiary/aromatic N) is 4. The summed E-state index contributed by atoms with van der Waals surface area (Å²) in [6.45, 7) is 0. The van der Waals surface area contributed by atoms with Gasteiger partial charge < -0.3 is 18.0 Å². The van der Waals surface area contributed by atoms with E-state index in [0.717, 1.165) is 110 Å². The molecule has 0 atom stereocenters. The van der Waals surface area contributed by atoms with Crippen molar-refractivity contribution in [2.45, 2.75) is 0 Å². The Balaban J connectivity index is 1.14. The third-order valence-corrected chi connectivity index (χ3v) is 11.4. The minimum atomic E-state index is 0.542. The van der Waals surface area contributed by atoms with Crippen LogP contribution < -0.4 is 0 Å². The highest BCUT2D eigenvalue weighted by molar-refractivity contribution is 6.19. The smallest absolute Gasteiger partial charge is 0.137 e. The van der Waals surface area contributed by atoms with E-state index >= 15 is 0 Å². The second-order valence-corrected chi connectivity index (χ2v) is 14.3. The molecule has 0 spiro atoms. The van der Waals surface area contributed by atoms with Crippen LogP contribution in [0.2, 0.25) is 0 Å². The molecular weight excluding hydrogens is 689 g/mol. The SMILES string of the molecule is N#Cc1ccc(-c2ccc(C#N)c(-n3c4ccccc4c4cc5c(cc43)oc3ccccc35)c2)c(-n2c3ccccc3c3cc4c(cc32)oc2ccccc24)c1. The van der Waals surface area contributed by atoms with Gasteiger partial charge in [-0.15, -0.1) is 0 Å². The fourth-order valence-corrected chi connectivity index (χ4v) is 8.90. The van der Waals surface area contributed by atoms with E-state index < -0.39 is 0 Å². The van der Waals surface area contributed by atoms with Crippen LogP contribution in [-0.2, 0) is 0 Å². The summed E-state index contributed by atoms with van der Waals surface area (Å²) in [5.74, 6) is 0. The molecule has 258 valence electrons. The number of benzene rings is 8. The lowest BCUT2D eigenvalue weighted by Crippen LogP contribution is -2.01. The van der Waals surface area contributed by atoms with Crippen LogP contribution in [0, 0.1) is 22.7 Å². The van der Waals surface area contributed by atoms with Gasteiger partial charge in [0, 0.05) is 60.8 Å². The van der Waals surface area contributed by atoms with E-state index in [9.17, 15) is 10.5 Å². The Kier molecular flexibility index (Phi) is 6.10. The van der Waals surface area contributed by atoms with Crippen molar-refractivity contribution in [1.82, 2.24) is 9.13 Å². The fourth-order valence-electron chi connectivity index (χ4n) is 8.90. The zero-order chi connectivity index (χ0) is 37.1. The van der Waals surface area contributed by atoms with Gasteiger partial charge in [-0.3, -0.25) is 0 Å². The van der Waals surface area contributed by atoms with Gasteiger partial charge in [-0.05, 0) is 66.2 Å². The summed E-state index contributed by atoms with van der Waals surface area (Å²) in [7, 11) is 0. The zero-order valence-corrected chi connectivity index (χ0v) is 29.6. The molecule has 0 bridgehead atoms. The Morgan fingerprint density at radius 1 is 0.375 bits per heavy atom. The first-order valence-electron chi connectivity index (χ1n) is 18.5. The van der Waals surface area contributed by atoms with Crippen LogP contribution in [0.5, 0.6) is 0 Å². The molecule has 0 saturated heterocycles. The van der Waals surface area contributed by atoms with Crippen LogP contribution in [-0.4, -0.2) is 9.13 Å². The molecule has 0 aliphatic carbocycles. The first-order valence-corrected chi connectivity index (χ1v) is 18.5. The van der Waals surface area contributed by atoms with Gasteiger partial charge >= 0.3 is 0 Å². The minimum Gasteiger partial charge on any atom is -0.456 e. The van der Waals surface area contributed by atoms with Gasteiger partial charge in [-0.2, -0.15) is 10.5 Å². The largest absolute Gasteiger partial charge is 0.456 e. The molecule has 0 radical (unpaired) electrons. The Morgan fingerprint density at radius 2 is 0.911 bits per heavy atom. The van der Waals surface area contributed by atoms with E-state index in [2.05, 4.69) is 100 Å². The van der Waals surface area contributed by atoms with Crippen LogP contribution in [0.4, 0.5) is 0 Å². The lowest BCUT2D eigenvalue weighted by atomic mass is 9.98. The summed E-state index contributed by atoms with van der Waals surface area (Å²) in [4.78, 5) is 0. The second kappa shape index (κ2) is 11.2. The summed E-state index contributed by atoms with van der Waals surface area (Å²) < 4.78 is 17.2. The van der Waals surface area contributed by atoms with Crippen LogP contribution in [0.1, 0.15) is 11.1 Å². The third kappa shape index (κ3) is 4.13. The maximum Gasteiger partial charge on any atom is 0.137 e. The van der Waals surface area contributed by atoms with E-state index in [4.69, 9.17) is 8.83 Å². The van der Waals surface area contributed by atoms with Gasteiger partial charge in [0.2, 0.25) is 0 Å². The van der Waals surface area contributed by atoms with Crippen molar-refractivity contribution < 1.29 is 8.83 Å². The molecule has 4 aromatic heterocycles. The summed E-state index contributed by atoms with van der Waals surface area (Å²) in [6, 6.07) is 58.3. The molecule has 0 aliphatic rings. The normalized spacial score (nSPS) is 11.9. The molecule has 0 saturated carbocycles. The number of nitriles is 2. The molecule has 12 aromatic rings. The summed E-state index contributed by atoms with van der Waals surface area (Å²) >= 11 is 0. The molecule has 8 aromatic carbocycles. The lowest BCUT2D eigenvalue weighted by Gasteiger charge is -2.17. The van der Waals surface area contributed by atoms with E-state index in [1.807, 2.05) is 78.9 Å². The van der Waals surface area contributed by atoms with Crippen molar-refractivity contribution in [3.63, 3.8) is 0 Å². The van der Waals surface area contributed by atoms with E-state index in [0.29, 0.717) is 11.1 Å². The highest BCUT2D eigenvalue weighted by Crippen LogP contribution is 2.43. The Bertz CT molecular complexity index is 3750. The molecule has 12 rings (SSSR count). The van der Waals surface area contributed by atoms with E-state index in [-0.39, 0.29) is 0 Å². The molecule has 6 heteroatoms. The molecule has 0 N–H and O–H groups in total. The summed E-state index contributed by atoms with van der Waals surface area (Å²) in [5, 5.41) is 29.4. The van der Waals surface area contributed by atoms with Gasteiger partial charge in [0.25, 0.3) is 0 Å². The van der Waals surface area contributed by atoms with Crippen LogP contribution >= 0.6 is 0 Å². The molecule has 0 fully saturated rings. The standard InChI is InChI=1S/C50H26N4O2/c51-27-29-17-20-32(44(21-29)54-42-14-6-2-10-34(42)38-24-40-36-12-4-8-16-48(36)56-50(40)26-46(38)54)30-18-19-31(28-52)43(22-30)53-41-13-5-1-9-33(41)37-23-39-35-11-3-7-15-47(35)55-49(39)25-45(37)53/h1-26H. The first kappa shape index (κ1) is 30.4. The Labute approximate surface area is 318 Å². The number of aromatic nitrogens is 2. The molecule has 0 aliphatic heterocycles. The number of furan rings is 2. The fraction of sp³-hybridized carbons (Fsp3) is 0. The number of rotatable bonds is 3. The Hall–Kier alpha value is -8.06. The highest BCUT2D eigenvalue weighted by atomic mass is 16.3. The summed E-state index contributed by atoms with van der Waals surface area (Å²) in [6.07, 6.45) is 0. The monoisotopic (exact) mass is 714 g/mol. The maximum absolute atomic E-state index is 10.6. The second-order valence-electron chi connectivity index (χ2n) is 14.3. The molecule has 0 amide bonds. The molecule has 0 unspecified atom stereocenters. The highest BCUT2D eigenvalue weighted by Gasteiger charge is 2.22. The predicted molar refractivity (Wildman–Crippen MR) is 225 cm³/mol. The van der Waals surface area contributed by atoms with E-state index in [1.54, 1.807) is 0 Å². The quantitative estimate of drug-likeness (QED) is 0.182. The maximum atomic E-state index is 10.6. The number of fused-ring (bicyclic) bond motifs is 12. The van der Waals surface area contributed by atoms with Gasteiger partial charge in [-0.1, -0.05) is 84.9 Å². The van der Waals surface area contributed by atoms with Gasteiger partial charge in [0.1, 0.15) is 28.4 Å². The van der Waals surface area contributed by atoms with Crippen molar-refractivity contribution >= 4 is 87.5 Å². The predicted octanol–water partition coefficient (Wildman–Crippen LogP) is 13.1. The summed E-state index contributed by atoms with van der Waals surface area (Å²) in [5.41, 5.74) is 11.7. The average molecular weight is 715 g/mol. The number of hydrogen-bond acceptors (Lipinski definition) is 4. The Morgan fingerprint density at radius 3 is 1.48 bits per heavy atom. The van der Waals surface area contributed by atoms with Crippen molar-refractivity contribution in [3.05, 3.63) is 169 Å². The van der Waals surface area contributed by atoms with Crippen LogP contribution in [0.15, 0.2) is 167 Å². The minimum absolute atomic E-state index is 0.542. The van der Waals surface area contributed by atoms with Crippen LogP contribution in [0.25, 0.3) is 110 Å². The first-order chi connectivity index (χ1) is 27.7. The molecule has 6 nitrogen and oxygen atoms in total. The van der Waals surface area contributed by atoms with Gasteiger partial charge in [0.05, 0.1) is 50.6 Å². The van der Waals surface area contributed by atoms with Crippen molar-refractivity contribution in [1.29, 1.82) is 10.5 Å². The van der Waals surface area contributed by atoms with Crippen molar-refractivity contribution in [3.8, 4) is 34.6 Å². The van der Waals surface area contributed by atoms with E-state index in [1.165, 1.54) is 0 Å². The third-order valence-electron chi connectivity index (χ3n) is 11.4. The van der Waals surface area contributed by atoms with Crippen LogP contribution in [0.3, 0.4) is 0 Å². The molecule has 4 heterocycles. The zero-order valence-electron chi connectivity index (χ0n) is 29.6. The van der Waals surface area contributed by atoms with Gasteiger partial charge in [0.15, 0.2) is 0 Å². The topological polar surface area (TPSA) is 83.7 Å².